The average Bonchev–Trinajstić information content (AvgIpc) is 3.18. The van der Waals surface area contributed by atoms with E-state index < -0.39 is 9.84 Å². The van der Waals surface area contributed by atoms with Gasteiger partial charge in [0.05, 0.1) is 5.75 Å². The summed E-state index contributed by atoms with van der Waals surface area (Å²) in [6, 6.07) is 8.96. The Morgan fingerprint density at radius 3 is 2.50 bits per heavy atom. The highest BCUT2D eigenvalue weighted by Gasteiger charge is 2.22. The van der Waals surface area contributed by atoms with Gasteiger partial charge in [0.2, 0.25) is 0 Å². The number of benzene rings is 1. The molecule has 0 amide bonds. The maximum atomic E-state index is 11.4. The molecule has 0 bridgehead atoms. The second-order valence-electron chi connectivity index (χ2n) is 5.80. The van der Waals surface area contributed by atoms with Crippen molar-refractivity contribution in [2.24, 2.45) is 5.92 Å². The molecule has 1 N–H and O–H groups in total. The SMILES string of the molecule is CS(=O)(=O)CCC(CNC1CC1)Cc1ccc(Br)cc1. The lowest BCUT2D eigenvalue weighted by Gasteiger charge is -2.17. The molecular weight excluding hydrogens is 338 g/mol. The first kappa shape index (κ1) is 16.0. The Hall–Kier alpha value is -0.390. The molecule has 1 unspecified atom stereocenters. The highest BCUT2D eigenvalue weighted by Crippen LogP contribution is 2.21. The Morgan fingerprint density at radius 2 is 1.95 bits per heavy atom. The highest BCUT2D eigenvalue weighted by atomic mass is 79.9. The largest absolute Gasteiger partial charge is 0.314 e. The van der Waals surface area contributed by atoms with Crippen molar-refractivity contribution in [3.8, 4) is 0 Å². The van der Waals surface area contributed by atoms with Crippen LogP contribution in [0.15, 0.2) is 28.7 Å². The van der Waals surface area contributed by atoms with Gasteiger partial charge in [0.15, 0.2) is 0 Å². The zero-order chi connectivity index (χ0) is 14.6. The quantitative estimate of drug-likeness (QED) is 0.776. The van der Waals surface area contributed by atoms with Gasteiger partial charge in [-0.1, -0.05) is 28.1 Å². The normalized spacial score (nSPS) is 17.1. The van der Waals surface area contributed by atoms with Crippen LogP contribution in [0.5, 0.6) is 0 Å². The minimum Gasteiger partial charge on any atom is -0.314 e. The second-order valence-corrected chi connectivity index (χ2v) is 8.97. The van der Waals surface area contributed by atoms with E-state index in [1.165, 1.54) is 24.7 Å². The van der Waals surface area contributed by atoms with Crippen molar-refractivity contribution >= 4 is 25.8 Å². The highest BCUT2D eigenvalue weighted by molar-refractivity contribution is 9.10. The van der Waals surface area contributed by atoms with Crippen molar-refractivity contribution in [2.75, 3.05) is 18.6 Å². The van der Waals surface area contributed by atoms with E-state index in [9.17, 15) is 8.42 Å². The molecule has 20 heavy (non-hydrogen) atoms. The summed E-state index contributed by atoms with van der Waals surface area (Å²) in [5.41, 5.74) is 1.27. The number of hydrogen-bond donors (Lipinski definition) is 1. The van der Waals surface area contributed by atoms with E-state index >= 15 is 0 Å². The molecule has 1 aromatic carbocycles. The van der Waals surface area contributed by atoms with Crippen LogP contribution in [0.1, 0.15) is 24.8 Å². The van der Waals surface area contributed by atoms with Crippen molar-refractivity contribution in [3.63, 3.8) is 0 Å². The van der Waals surface area contributed by atoms with Crippen molar-refractivity contribution in [2.45, 2.75) is 31.7 Å². The van der Waals surface area contributed by atoms with E-state index in [1.54, 1.807) is 0 Å². The van der Waals surface area contributed by atoms with Gasteiger partial charge in [-0.15, -0.1) is 0 Å². The second kappa shape index (κ2) is 7.05. The van der Waals surface area contributed by atoms with Crippen LogP contribution in [-0.2, 0) is 16.3 Å². The predicted molar refractivity (Wildman–Crippen MR) is 86.7 cm³/mol. The maximum Gasteiger partial charge on any atom is 0.147 e. The van der Waals surface area contributed by atoms with E-state index in [2.05, 4.69) is 33.4 Å². The van der Waals surface area contributed by atoms with Crippen molar-refractivity contribution in [3.05, 3.63) is 34.3 Å². The topological polar surface area (TPSA) is 46.2 Å². The third-order valence-electron chi connectivity index (χ3n) is 3.61. The fraction of sp³-hybridized carbons (Fsp3) is 0.600. The molecule has 0 aromatic heterocycles. The molecule has 1 saturated carbocycles. The first-order chi connectivity index (χ1) is 9.42. The average molecular weight is 360 g/mol. The number of rotatable bonds is 8. The van der Waals surface area contributed by atoms with Crippen LogP contribution in [0.4, 0.5) is 0 Å². The van der Waals surface area contributed by atoms with Gasteiger partial charge in [-0.25, -0.2) is 8.42 Å². The van der Waals surface area contributed by atoms with Crippen molar-refractivity contribution in [1.82, 2.24) is 5.32 Å². The van der Waals surface area contributed by atoms with Crippen LogP contribution < -0.4 is 5.32 Å². The van der Waals surface area contributed by atoms with Crippen LogP contribution in [0, 0.1) is 5.92 Å². The molecule has 112 valence electrons. The Labute approximate surface area is 130 Å². The molecule has 0 spiro atoms. The number of nitrogens with one attached hydrogen (secondary N) is 1. The van der Waals surface area contributed by atoms with Gasteiger partial charge in [-0.3, -0.25) is 0 Å². The molecule has 1 aromatic rings. The van der Waals surface area contributed by atoms with Gasteiger partial charge >= 0.3 is 0 Å². The first-order valence-corrected chi connectivity index (χ1v) is 9.93. The van der Waals surface area contributed by atoms with E-state index in [-0.39, 0.29) is 5.75 Å². The van der Waals surface area contributed by atoms with Gasteiger partial charge in [0.25, 0.3) is 0 Å². The molecule has 2 rings (SSSR count). The Kier molecular flexibility index (Phi) is 5.64. The summed E-state index contributed by atoms with van der Waals surface area (Å²) in [5, 5.41) is 3.52. The standard InChI is InChI=1S/C15H22BrNO2S/c1-20(18,19)9-8-13(11-17-15-6-7-15)10-12-2-4-14(16)5-3-12/h2-5,13,15,17H,6-11H2,1H3. The first-order valence-electron chi connectivity index (χ1n) is 7.08. The molecule has 1 aliphatic rings. The lowest BCUT2D eigenvalue weighted by molar-refractivity contribution is 0.457. The summed E-state index contributed by atoms with van der Waals surface area (Å²) in [7, 11) is -2.88. The fourth-order valence-corrected chi connectivity index (χ4v) is 3.26. The van der Waals surface area contributed by atoms with Gasteiger partial charge < -0.3 is 5.32 Å². The van der Waals surface area contributed by atoms with Gasteiger partial charge in [0, 0.05) is 16.8 Å². The summed E-state index contributed by atoms with van der Waals surface area (Å²) >= 11 is 3.43. The van der Waals surface area contributed by atoms with Gasteiger partial charge in [-0.2, -0.15) is 0 Å². The minimum atomic E-state index is -2.88. The van der Waals surface area contributed by atoms with Gasteiger partial charge in [-0.05, 0) is 55.8 Å². The van der Waals surface area contributed by atoms with Crippen LogP contribution in [0.2, 0.25) is 0 Å². The van der Waals surface area contributed by atoms with Crippen LogP contribution in [-0.4, -0.2) is 33.0 Å². The summed E-state index contributed by atoms with van der Waals surface area (Å²) < 4.78 is 23.8. The number of sulfone groups is 1. The van der Waals surface area contributed by atoms with Crippen LogP contribution >= 0.6 is 15.9 Å². The number of halogens is 1. The molecule has 5 heteroatoms. The molecular formula is C15H22BrNO2S. The third-order valence-corrected chi connectivity index (χ3v) is 5.11. The molecule has 0 saturated heterocycles. The fourth-order valence-electron chi connectivity index (χ4n) is 2.23. The molecule has 3 nitrogen and oxygen atoms in total. The number of hydrogen-bond acceptors (Lipinski definition) is 3. The third kappa shape index (κ3) is 6.37. The van der Waals surface area contributed by atoms with E-state index in [0.717, 1.165) is 23.9 Å². The summed E-state index contributed by atoms with van der Waals surface area (Å²) in [5.74, 6) is 0.659. The van der Waals surface area contributed by atoms with E-state index in [1.807, 2.05) is 12.1 Å². The molecule has 0 aliphatic heterocycles. The summed E-state index contributed by atoms with van der Waals surface area (Å²) in [6.45, 7) is 0.913. The Morgan fingerprint density at radius 1 is 1.30 bits per heavy atom. The van der Waals surface area contributed by atoms with E-state index in [0.29, 0.717) is 12.0 Å². The lowest BCUT2D eigenvalue weighted by Crippen LogP contribution is -2.27. The van der Waals surface area contributed by atoms with Crippen molar-refractivity contribution in [1.29, 1.82) is 0 Å². The molecule has 0 heterocycles. The smallest absolute Gasteiger partial charge is 0.147 e. The van der Waals surface area contributed by atoms with E-state index in [4.69, 9.17) is 0 Å². The molecule has 1 fully saturated rings. The zero-order valence-electron chi connectivity index (χ0n) is 11.8. The zero-order valence-corrected chi connectivity index (χ0v) is 14.2. The Bertz CT molecular complexity index is 523. The Balaban J connectivity index is 1.91. The molecule has 0 radical (unpaired) electrons. The van der Waals surface area contributed by atoms with Crippen LogP contribution in [0.3, 0.4) is 0 Å². The predicted octanol–water partition coefficient (Wildman–Crippen LogP) is 2.79. The maximum absolute atomic E-state index is 11.4. The van der Waals surface area contributed by atoms with Crippen molar-refractivity contribution < 1.29 is 8.42 Å². The minimum absolute atomic E-state index is 0.278. The van der Waals surface area contributed by atoms with Gasteiger partial charge in [0.1, 0.15) is 9.84 Å². The summed E-state index contributed by atoms with van der Waals surface area (Å²) in [6.07, 6.45) is 5.50. The summed E-state index contributed by atoms with van der Waals surface area (Å²) in [4.78, 5) is 0. The monoisotopic (exact) mass is 359 g/mol. The van der Waals surface area contributed by atoms with Crippen LogP contribution in [0.25, 0.3) is 0 Å². The molecule has 1 aliphatic carbocycles. The molecule has 1 atom stereocenters. The lowest BCUT2D eigenvalue weighted by atomic mass is 9.97.